The summed E-state index contributed by atoms with van der Waals surface area (Å²) in [6.07, 6.45) is 2.52. The fourth-order valence-corrected chi connectivity index (χ4v) is 1.61. The third-order valence-corrected chi connectivity index (χ3v) is 2.45. The lowest BCUT2D eigenvalue weighted by Gasteiger charge is -2.10. The van der Waals surface area contributed by atoms with Crippen molar-refractivity contribution in [2.24, 2.45) is 10.9 Å². The molecular weight excluding hydrogens is 304 g/mol. The highest BCUT2D eigenvalue weighted by atomic mass is 16.6. The highest BCUT2D eigenvalue weighted by molar-refractivity contribution is 6.47. The van der Waals surface area contributed by atoms with E-state index >= 15 is 0 Å². The quantitative estimate of drug-likeness (QED) is 0.593. The molecule has 0 aliphatic heterocycles. The van der Waals surface area contributed by atoms with E-state index in [0.29, 0.717) is 0 Å². The molecule has 0 radical (unpaired) electrons. The van der Waals surface area contributed by atoms with Crippen LogP contribution in [-0.4, -0.2) is 39.7 Å². The highest BCUT2D eigenvalue weighted by Crippen LogP contribution is 2.23. The molecule has 3 N–H and O–H groups in total. The molecule has 0 unspecified atom stereocenters. The number of hydrogen-bond donors (Lipinski definition) is 2. The molecule has 0 saturated heterocycles. The van der Waals surface area contributed by atoms with Gasteiger partial charge in [-0.25, -0.2) is 9.78 Å². The molecule has 2 aromatic rings. The van der Waals surface area contributed by atoms with Crippen LogP contribution in [0, 0.1) is 0 Å². The summed E-state index contributed by atoms with van der Waals surface area (Å²) >= 11 is 0. The molecule has 0 aliphatic carbocycles. The van der Waals surface area contributed by atoms with Crippen LogP contribution < -0.4 is 15.8 Å². The Bertz CT molecular complexity index is 734. The second-order valence-corrected chi connectivity index (χ2v) is 3.96. The van der Waals surface area contributed by atoms with Crippen molar-refractivity contribution in [3.05, 3.63) is 42.5 Å². The standard InChI is InChI=1S/C13H12N6O4/c1-22-19-10(11(20)18-12(14)21)8-4-2-3-5-9(8)23-13-16-6-15-7-17-13/h2-7H,1H3,(H3,14,18,20,21)/b19-10+. The lowest BCUT2D eigenvalue weighted by molar-refractivity contribution is -0.113. The van der Waals surface area contributed by atoms with Crippen LogP contribution in [0.1, 0.15) is 5.56 Å². The van der Waals surface area contributed by atoms with Crippen molar-refractivity contribution in [3.63, 3.8) is 0 Å². The zero-order valence-electron chi connectivity index (χ0n) is 12.0. The van der Waals surface area contributed by atoms with E-state index in [2.05, 4.69) is 24.9 Å². The van der Waals surface area contributed by atoms with Crippen LogP contribution >= 0.6 is 0 Å². The van der Waals surface area contributed by atoms with E-state index in [0.717, 1.165) is 0 Å². The molecule has 2 rings (SSSR count). The van der Waals surface area contributed by atoms with Gasteiger partial charge in [0.15, 0.2) is 5.71 Å². The zero-order valence-corrected chi connectivity index (χ0v) is 12.0. The summed E-state index contributed by atoms with van der Waals surface area (Å²) in [6.45, 7) is 0. The Hall–Kier alpha value is -3.56. The van der Waals surface area contributed by atoms with Crippen molar-refractivity contribution in [1.82, 2.24) is 20.3 Å². The van der Waals surface area contributed by atoms with Crippen molar-refractivity contribution < 1.29 is 19.2 Å². The van der Waals surface area contributed by atoms with Gasteiger partial charge in [-0.2, -0.15) is 9.97 Å². The maximum atomic E-state index is 12.0. The van der Waals surface area contributed by atoms with Gasteiger partial charge in [0.05, 0.1) is 5.56 Å². The fourth-order valence-electron chi connectivity index (χ4n) is 1.61. The number of para-hydroxylation sites is 1. The first-order valence-corrected chi connectivity index (χ1v) is 6.23. The molecule has 23 heavy (non-hydrogen) atoms. The van der Waals surface area contributed by atoms with E-state index in [1.54, 1.807) is 24.3 Å². The number of aromatic nitrogens is 3. The maximum Gasteiger partial charge on any atom is 0.324 e. The third-order valence-electron chi connectivity index (χ3n) is 2.45. The summed E-state index contributed by atoms with van der Waals surface area (Å²) in [7, 11) is 1.26. The van der Waals surface area contributed by atoms with E-state index in [1.165, 1.54) is 19.8 Å². The van der Waals surface area contributed by atoms with Crippen LogP contribution in [0.5, 0.6) is 11.8 Å². The molecule has 1 aromatic heterocycles. The number of oxime groups is 1. The Kier molecular flexibility index (Phi) is 5.12. The fraction of sp³-hybridized carbons (Fsp3) is 0.0769. The van der Waals surface area contributed by atoms with Crippen LogP contribution in [-0.2, 0) is 9.63 Å². The van der Waals surface area contributed by atoms with E-state index < -0.39 is 11.9 Å². The number of nitrogens with zero attached hydrogens (tertiary/aromatic N) is 4. The van der Waals surface area contributed by atoms with Crippen LogP contribution in [0.25, 0.3) is 0 Å². The second kappa shape index (κ2) is 7.45. The molecule has 0 bridgehead atoms. The number of benzene rings is 1. The molecule has 1 heterocycles. The monoisotopic (exact) mass is 316 g/mol. The first kappa shape index (κ1) is 15.8. The van der Waals surface area contributed by atoms with Gasteiger partial charge in [0.2, 0.25) is 0 Å². The number of imide groups is 1. The minimum atomic E-state index is -1.02. The Balaban J connectivity index is 2.38. The van der Waals surface area contributed by atoms with Gasteiger partial charge in [-0.15, -0.1) is 0 Å². The van der Waals surface area contributed by atoms with Crippen molar-refractivity contribution in [2.45, 2.75) is 0 Å². The van der Waals surface area contributed by atoms with Crippen molar-refractivity contribution >= 4 is 17.6 Å². The summed E-state index contributed by atoms with van der Waals surface area (Å²) in [5.74, 6) is -0.611. The van der Waals surface area contributed by atoms with Gasteiger partial charge in [0.25, 0.3) is 5.91 Å². The summed E-state index contributed by atoms with van der Waals surface area (Å²) in [5, 5.41) is 5.52. The maximum absolute atomic E-state index is 12.0. The van der Waals surface area contributed by atoms with E-state index in [1.807, 2.05) is 5.32 Å². The lowest BCUT2D eigenvalue weighted by Crippen LogP contribution is -2.40. The summed E-state index contributed by atoms with van der Waals surface area (Å²) in [4.78, 5) is 38.9. The smallest absolute Gasteiger partial charge is 0.324 e. The molecule has 3 amide bonds. The summed E-state index contributed by atoms with van der Waals surface area (Å²) in [5.41, 5.74) is 5.00. The van der Waals surface area contributed by atoms with Crippen LogP contribution in [0.15, 0.2) is 42.1 Å². The van der Waals surface area contributed by atoms with Gasteiger partial charge >= 0.3 is 12.0 Å². The lowest BCUT2D eigenvalue weighted by atomic mass is 10.1. The van der Waals surface area contributed by atoms with Crippen LogP contribution in [0.3, 0.4) is 0 Å². The molecule has 0 fully saturated rings. The first-order chi connectivity index (χ1) is 11.1. The van der Waals surface area contributed by atoms with Gasteiger partial charge in [-0.05, 0) is 12.1 Å². The van der Waals surface area contributed by atoms with E-state index in [-0.39, 0.29) is 23.0 Å². The highest BCUT2D eigenvalue weighted by Gasteiger charge is 2.21. The molecular formula is C13H12N6O4. The normalized spacial score (nSPS) is 10.7. The molecule has 0 atom stereocenters. The van der Waals surface area contributed by atoms with Gasteiger partial charge < -0.3 is 15.3 Å². The van der Waals surface area contributed by atoms with Crippen molar-refractivity contribution in [3.8, 4) is 11.8 Å². The summed E-state index contributed by atoms with van der Waals surface area (Å²) < 4.78 is 5.50. The summed E-state index contributed by atoms with van der Waals surface area (Å²) in [6, 6.07) is 5.46. The van der Waals surface area contributed by atoms with E-state index in [9.17, 15) is 9.59 Å². The Morgan fingerprint density at radius 2 is 1.91 bits per heavy atom. The number of ether oxygens (including phenoxy) is 1. The topological polar surface area (TPSA) is 142 Å². The first-order valence-electron chi connectivity index (χ1n) is 6.23. The van der Waals surface area contributed by atoms with Crippen LogP contribution in [0.4, 0.5) is 4.79 Å². The number of urea groups is 1. The number of nitrogens with two attached hydrogens (primary N) is 1. The number of primary amides is 1. The Morgan fingerprint density at radius 1 is 1.22 bits per heavy atom. The minimum absolute atomic E-state index is 0.0273. The van der Waals surface area contributed by atoms with Gasteiger partial charge in [-0.3, -0.25) is 10.1 Å². The number of carbonyl (C=O) groups excluding carboxylic acids is 2. The molecule has 0 spiro atoms. The number of rotatable bonds is 5. The Labute approximate surface area is 130 Å². The largest absolute Gasteiger partial charge is 0.423 e. The van der Waals surface area contributed by atoms with Crippen molar-refractivity contribution in [1.29, 1.82) is 0 Å². The Morgan fingerprint density at radius 3 is 2.57 bits per heavy atom. The molecule has 118 valence electrons. The minimum Gasteiger partial charge on any atom is -0.423 e. The number of hydrogen-bond acceptors (Lipinski definition) is 8. The number of amides is 3. The molecule has 10 heteroatoms. The molecule has 10 nitrogen and oxygen atoms in total. The number of nitrogens with one attached hydrogen (secondary N) is 1. The second-order valence-electron chi connectivity index (χ2n) is 3.96. The van der Waals surface area contributed by atoms with E-state index in [4.69, 9.17) is 10.5 Å². The number of carbonyl (C=O) groups is 2. The van der Waals surface area contributed by atoms with Gasteiger partial charge in [-0.1, -0.05) is 17.3 Å². The van der Waals surface area contributed by atoms with Crippen molar-refractivity contribution in [2.75, 3.05) is 7.11 Å². The average molecular weight is 316 g/mol. The SMILES string of the molecule is CO/N=C(/C(=O)NC(N)=O)c1ccccc1Oc1ncncn1. The molecule has 1 aromatic carbocycles. The van der Waals surface area contributed by atoms with Crippen LogP contribution in [0.2, 0.25) is 0 Å². The third kappa shape index (κ3) is 4.20. The van der Waals surface area contributed by atoms with Gasteiger partial charge in [0, 0.05) is 0 Å². The predicted octanol–water partition coefficient (Wildman–Crippen LogP) is 0.209. The van der Waals surface area contributed by atoms with Gasteiger partial charge in [0.1, 0.15) is 25.5 Å². The predicted molar refractivity (Wildman–Crippen MR) is 77.6 cm³/mol. The average Bonchev–Trinajstić information content (AvgIpc) is 2.54. The molecule has 0 aliphatic rings. The zero-order chi connectivity index (χ0) is 16.7. The molecule has 0 saturated carbocycles.